The molecule has 0 fully saturated rings. The number of benzene rings is 1. The molecule has 1 aromatic carbocycles. The van der Waals surface area contributed by atoms with Crippen LogP contribution in [-0.4, -0.2) is 35.7 Å². The van der Waals surface area contributed by atoms with Gasteiger partial charge < -0.3 is 20.4 Å². The van der Waals surface area contributed by atoms with Crippen LogP contribution in [0.25, 0.3) is 11.0 Å². The number of carbonyl (C=O) groups is 1. The van der Waals surface area contributed by atoms with Crippen molar-refractivity contribution in [3.05, 3.63) is 23.8 Å². The van der Waals surface area contributed by atoms with Gasteiger partial charge in [-0.2, -0.15) is 0 Å². The van der Waals surface area contributed by atoms with E-state index in [9.17, 15) is 4.79 Å². The van der Waals surface area contributed by atoms with Gasteiger partial charge in [0.05, 0.1) is 17.6 Å². The Bertz CT molecular complexity index is 592. The molecule has 0 radical (unpaired) electrons. The first-order chi connectivity index (χ1) is 9.11. The number of aromatic nitrogens is 2. The Hall–Kier alpha value is -2.08. The Kier molecular flexibility index (Phi) is 4.01. The summed E-state index contributed by atoms with van der Waals surface area (Å²) in [7, 11) is 1.59. The summed E-state index contributed by atoms with van der Waals surface area (Å²) < 4.78 is 6.59. The van der Waals surface area contributed by atoms with E-state index in [2.05, 4.69) is 10.3 Å². The van der Waals surface area contributed by atoms with Gasteiger partial charge in [0, 0.05) is 13.7 Å². The minimum absolute atomic E-state index is 0.107. The Morgan fingerprint density at radius 1 is 1.53 bits per heavy atom. The van der Waals surface area contributed by atoms with E-state index >= 15 is 0 Å². The molecule has 1 amide bonds. The maximum Gasteiger partial charge on any atom is 0.240 e. The topological polar surface area (TPSA) is 82.2 Å². The number of nitrogen functional groups attached to an aromatic ring is 1. The predicted octanol–water partition coefficient (Wildman–Crippen LogP) is 0.690. The van der Waals surface area contributed by atoms with Gasteiger partial charge in [0.1, 0.15) is 6.54 Å². The fourth-order valence-electron chi connectivity index (χ4n) is 1.91. The number of methoxy groups -OCH3 is 1. The zero-order valence-electron chi connectivity index (χ0n) is 11.1. The molecule has 2 aromatic rings. The van der Waals surface area contributed by atoms with E-state index in [0.29, 0.717) is 19.1 Å². The highest BCUT2D eigenvalue weighted by molar-refractivity contribution is 5.83. The maximum atomic E-state index is 11.8. The number of nitrogens with zero attached hydrogens (tertiary/aromatic N) is 2. The molecule has 2 rings (SSSR count). The Balaban J connectivity index is 2.17. The van der Waals surface area contributed by atoms with Crippen molar-refractivity contribution in [2.75, 3.05) is 26.0 Å². The van der Waals surface area contributed by atoms with Crippen LogP contribution >= 0.6 is 0 Å². The highest BCUT2D eigenvalue weighted by atomic mass is 16.5. The van der Waals surface area contributed by atoms with E-state index in [-0.39, 0.29) is 12.5 Å². The van der Waals surface area contributed by atoms with Crippen molar-refractivity contribution < 1.29 is 9.53 Å². The molecule has 0 bridgehead atoms. The van der Waals surface area contributed by atoms with E-state index in [4.69, 9.17) is 10.5 Å². The van der Waals surface area contributed by atoms with Crippen molar-refractivity contribution in [3.63, 3.8) is 0 Å². The molecule has 0 aliphatic rings. The Morgan fingerprint density at radius 3 is 3.05 bits per heavy atom. The summed E-state index contributed by atoms with van der Waals surface area (Å²) in [5.74, 6) is 0.243. The molecule has 0 saturated heterocycles. The van der Waals surface area contributed by atoms with Gasteiger partial charge in [0.15, 0.2) is 0 Å². The smallest absolute Gasteiger partial charge is 0.240 e. The highest BCUT2D eigenvalue weighted by Gasteiger charge is 2.11. The van der Waals surface area contributed by atoms with E-state index in [1.807, 2.05) is 25.1 Å². The van der Waals surface area contributed by atoms with Gasteiger partial charge in [-0.3, -0.25) is 4.79 Å². The number of imidazole rings is 1. The lowest BCUT2D eigenvalue weighted by atomic mass is 10.2. The van der Waals surface area contributed by atoms with Gasteiger partial charge in [-0.25, -0.2) is 4.98 Å². The summed E-state index contributed by atoms with van der Waals surface area (Å²) in [6, 6.07) is 5.85. The molecule has 0 saturated carbocycles. The summed E-state index contributed by atoms with van der Waals surface area (Å²) >= 11 is 0. The third-order valence-electron chi connectivity index (χ3n) is 2.86. The molecule has 0 aliphatic carbocycles. The van der Waals surface area contributed by atoms with Crippen LogP contribution < -0.4 is 11.1 Å². The average molecular weight is 262 g/mol. The standard InChI is InChI=1S/C13H18N4O2/c1-9-3-4-10-11(7-9)17(13(14)16-10)8-12(18)15-5-6-19-2/h3-4,7H,5-6,8H2,1-2H3,(H2,14,16)(H,15,18). The quantitative estimate of drug-likeness (QED) is 0.777. The predicted molar refractivity (Wildman–Crippen MR) is 73.8 cm³/mol. The Labute approximate surface area is 111 Å². The van der Waals surface area contributed by atoms with E-state index in [1.165, 1.54) is 0 Å². The molecule has 102 valence electrons. The Morgan fingerprint density at radius 2 is 2.32 bits per heavy atom. The second-order valence-electron chi connectivity index (χ2n) is 4.39. The fourth-order valence-corrected chi connectivity index (χ4v) is 1.91. The van der Waals surface area contributed by atoms with Crippen molar-refractivity contribution >= 4 is 22.9 Å². The van der Waals surface area contributed by atoms with Gasteiger partial charge in [-0.05, 0) is 24.6 Å². The molecule has 0 aliphatic heterocycles. The van der Waals surface area contributed by atoms with Crippen LogP contribution in [-0.2, 0) is 16.1 Å². The third-order valence-corrected chi connectivity index (χ3v) is 2.86. The summed E-state index contributed by atoms with van der Waals surface area (Å²) in [6.45, 7) is 3.13. The lowest BCUT2D eigenvalue weighted by Crippen LogP contribution is -2.30. The van der Waals surface area contributed by atoms with Gasteiger partial charge in [0.2, 0.25) is 11.9 Å². The number of nitrogens with two attached hydrogens (primary N) is 1. The minimum atomic E-state index is -0.107. The lowest BCUT2D eigenvalue weighted by molar-refractivity contribution is -0.121. The van der Waals surface area contributed by atoms with E-state index in [0.717, 1.165) is 16.6 Å². The molecule has 1 heterocycles. The number of ether oxygens (including phenoxy) is 1. The second kappa shape index (κ2) is 5.71. The van der Waals surface area contributed by atoms with Crippen molar-refractivity contribution in [1.82, 2.24) is 14.9 Å². The monoisotopic (exact) mass is 262 g/mol. The van der Waals surface area contributed by atoms with Crippen LogP contribution in [0.2, 0.25) is 0 Å². The van der Waals surface area contributed by atoms with Crippen LogP contribution in [0.5, 0.6) is 0 Å². The molecule has 0 unspecified atom stereocenters. The molecule has 6 heteroatoms. The first-order valence-corrected chi connectivity index (χ1v) is 6.10. The minimum Gasteiger partial charge on any atom is -0.383 e. The number of hydrogen-bond donors (Lipinski definition) is 2. The summed E-state index contributed by atoms with van der Waals surface area (Å²) in [4.78, 5) is 16.0. The molecular formula is C13H18N4O2. The molecular weight excluding hydrogens is 244 g/mol. The number of amides is 1. The normalized spacial score (nSPS) is 10.8. The van der Waals surface area contributed by atoms with Crippen LogP contribution in [0.3, 0.4) is 0 Å². The van der Waals surface area contributed by atoms with E-state index in [1.54, 1.807) is 11.7 Å². The number of aryl methyl sites for hydroxylation is 1. The molecule has 0 spiro atoms. The van der Waals surface area contributed by atoms with Crippen molar-refractivity contribution in [2.24, 2.45) is 0 Å². The highest BCUT2D eigenvalue weighted by Crippen LogP contribution is 2.18. The summed E-state index contributed by atoms with van der Waals surface area (Å²) in [5.41, 5.74) is 8.63. The SMILES string of the molecule is COCCNC(=O)Cn1c(N)nc2ccc(C)cc21. The first-order valence-electron chi connectivity index (χ1n) is 6.10. The van der Waals surface area contributed by atoms with Crippen LogP contribution in [0.1, 0.15) is 5.56 Å². The van der Waals surface area contributed by atoms with Crippen molar-refractivity contribution in [1.29, 1.82) is 0 Å². The number of hydrogen-bond acceptors (Lipinski definition) is 4. The fraction of sp³-hybridized carbons (Fsp3) is 0.385. The molecule has 6 nitrogen and oxygen atoms in total. The zero-order chi connectivity index (χ0) is 13.8. The van der Waals surface area contributed by atoms with Crippen LogP contribution in [0.15, 0.2) is 18.2 Å². The second-order valence-corrected chi connectivity index (χ2v) is 4.39. The number of carbonyl (C=O) groups excluding carboxylic acids is 1. The average Bonchev–Trinajstić information content (AvgIpc) is 2.66. The molecule has 3 N–H and O–H groups in total. The lowest BCUT2D eigenvalue weighted by Gasteiger charge is -2.07. The summed E-state index contributed by atoms with van der Waals surface area (Å²) in [5, 5.41) is 2.76. The van der Waals surface area contributed by atoms with Crippen LogP contribution in [0, 0.1) is 6.92 Å². The maximum absolute atomic E-state index is 11.8. The van der Waals surface area contributed by atoms with Gasteiger partial charge >= 0.3 is 0 Å². The number of nitrogens with one attached hydrogen (secondary N) is 1. The summed E-state index contributed by atoms with van der Waals surface area (Å²) in [6.07, 6.45) is 0. The van der Waals surface area contributed by atoms with Crippen LogP contribution in [0.4, 0.5) is 5.95 Å². The van der Waals surface area contributed by atoms with Crippen molar-refractivity contribution in [2.45, 2.75) is 13.5 Å². The zero-order valence-corrected chi connectivity index (χ0v) is 11.1. The van der Waals surface area contributed by atoms with Gasteiger partial charge in [-0.1, -0.05) is 6.07 Å². The molecule has 1 aromatic heterocycles. The number of fused-ring (bicyclic) bond motifs is 1. The van der Waals surface area contributed by atoms with Crippen molar-refractivity contribution in [3.8, 4) is 0 Å². The molecule has 19 heavy (non-hydrogen) atoms. The number of rotatable bonds is 5. The molecule has 0 atom stereocenters. The largest absolute Gasteiger partial charge is 0.383 e. The number of anilines is 1. The van der Waals surface area contributed by atoms with E-state index < -0.39 is 0 Å². The first kappa shape index (κ1) is 13.4. The van der Waals surface area contributed by atoms with Gasteiger partial charge in [-0.15, -0.1) is 0 Å². The van der Waals surface area contributed by atoms with Gasteiger partial charge in [0.25, 0.3) is 0 Å². The third kappa shape index (κ3) is 3.03.